The Hall–Kier alpha value is -1.13. The number of benzene rings is 1. The van der Waals surface area contributed by atoms with E-state index in [1.54, 1.807) is 6.07 Å². The Morgan fingerprint density at radius 2 is 2.24 bits per heavy atom. The van der Waals surface area contributed by atoms with Gasteiger partial charge in [0.2, 0.25) is 0 Å². The number of methoxy groups -OCH3 is 1. The minimum absolute atomic E-state index is 0.248. The summed E-state index contributed by atoms with van der Waals surface area (Å²) in [7, 11) is 3.22. The van der Waals surface area contributed by atoms with Gasteiger partial charge >= 0.3 is 5.97 Å². The van der Waals surface area contributed by atoms with E-state index >= 15 is 0 Å². The van der Waals surface area contributed by atoms with Gasteiger partial charge in [0.1, 0.15) is 5.82 Å². The van der Waals surface area contributed by atoms with Crippen molar-refractivity contribution < 1.29 is 13.9 Å². The fraction of sp³-hybridized carbons (Fsp3) is 0.417. The third-order valence-corrected chi connectivity index (χ3v) is 2.73. The van der Waals surface area contributed by atoms with Crippen molar-refractivity contribution in [3.63, 3.8) is 0 Å². The molecule has 0 atom stereocenters. The maximum absolute atomic E-state index is 12.8. The molecule has 17 heavy (non-hydrogen) atoms. The summed E-state index contributed by atoms with van der Waals surface area (Å²) in [4.78, 5) is 12.9. The highest BCUT2D eigenvalue weighted by atomic mass is 35.5. The Morgan fingerprint density at radius 1 is 1.53 bits per heavy atom. The Morgan fingerprint density at radius 3 is 2.82 bits per heavy atom. The second-order valence-corrected chi connectivity index (χ2v) is 4.21. The highest BCUT2D eigenvalue weighted by molar-refractivity contribution is 6.31. The van der Waals surface area contributed by atoms with E-state index in [1.807, 2.05) is 11.9 Å². The van der Waals surface area contributed by atoms with Crippen molar-refractivity contribution in [3.05, 3.63) is 34.6 Å². The van der Waals surface area contributed by atoms with Gasteiger partial charge in [0, 0.05) is 18.1 Å². The number of ether oxygens (including phenoxy) is 1. The molecule has 0 unspecified atom stereocenters. The van der Waals surface area contributed by atoms with Gasteiger partial charge in [-0.3, -0.25) is 4.79 Å². The van der Waals surface area contributed by atoms with Crippen LogP contribution in [0.5, 0.6) is 0 Å². The second-order valence-electron chi connectivity index (χ2n) is 3.80. The monoisotopic (exact) mass is 259 g/mol. The van der Waals surface area contributed by atoms with Gasteiger partial charge in [-0.2, -0.15) is 0 Å². The molecule has 0 N–H and O–H groups in total. The van der Waals surface area contributed by atoms with Crippen LogP contribution >= 0.6 is 11.6 Å². The minimum Gasteiger partial charge on any atom is -0.469 e. The first-order valence-electron chi connectivity index (χ1n) is 5.22. The quantitative estimate of drug-likeness (QED) is 0.761. The fourth-order valence-corrected chi connectivity index (χ4v) is 1.63. The third-order valence-electron chi connectivity index (χ3n) is 2.38. The van der Waals surface area contributed by atoms with E-state index in [9.17, 15) is 9.18 Å². The van der Waals surface area contributed by atoms with E-state index in [-0.39, 0.29) is 11.8 Å². The van der Waals surface area contributed by atoms with Crippen LogP contribution in [-0.2, 0) is 16.1 Å². The van der Waals surface area contributed by atoms with Gasteiger partial charge in [0.25, 0.3) is 0 Å². The van der Waals surface area contributed by atoms with Crippen molar-refractivity contribution >= 4 is 17.6 Å². The van der Waals surface area contributed by atoms with Gasteiger partial charge in [-0.15, -0.1) is 0 Å². The van der Waals surface area contributed by atoms with Gasteiger partial charge in [0.15, 0.2) is 0 Å². The van der Waals surface area contributed by atoms with Crippen molar-refractivity contribution in [2.45, 2.75) is 13.0 Å². The van der Waals surface area contributed by atoms with Crippen molar-refractivity contribution in [1.82, 2.24) is 4.90 Å². The van der Waals surface area contributed by atoms with Gasteiger partial charge in [0.05, 0.1) is 13.5 Å². The van der Waals surface area contributed by atoms with Crippen LogP contribution in [0.15, 0.2) is 18.2 Å². The Balaban J connectivity index is 2.50. The van der Waals surface area contributed by atoms with Gasteiger partial charge in [-0.1, -0.05) is 17.7 Å². The maximum atomic E-state index is 12.8. The Kier molecular flexibility index (Phi) is 5.38. The molecular weight excluding hydrogens is 245 g/mol. The average Bonchev–Trinajstić information content (AvgIpc) is 2.29. The molecule has 0 aliphatic rings. The molecular formula is C12H15ClFNO2. The van der Waals surface area contributed by atoms with Gasteiger partial charge < -0.3 is 9.64 Å². The number of hydrogen-bond donors (Lipinski definition) is 0. The van der Waals surface area contributed by atoms with Crippen molar-refractivity contribution in [1.29, 1.82) is 0 Å². The molecule has 1 aromatic rings. The molecule has 3 nitrogen and oxygen atoms in total. The van der Waals surface area contributed by atoms with E-state index < -0.39 is 0 Å². The molecule has 0 bridgehead atoms. The molecule has 0 spiro atoms. The lowest BCUT2D eigenvalue weighted by Gasteiger charge is -2.16. The van der Waals surface area contributed by atoms with E-state index in [4.69, 9.17) is 11.6 Å². The molecule has 0 fully saturated rings. The molecule has 5 heteroatoms. The average molecular weight is 260 g/mol. The SMILES string of the molecule is COC(=O)CCN(C)Cc1ccc(F)cc1Cl. The van der Waals surface area contributed by atoms with Crippen LogP contribution < -0.4 is 0 Å². The van der Waals surface area contributed by atoms with Crippen LogP contribution in [-0.4, -0.2) is 31.6 Å². The smallest absolute Gasteiger partial charge is 0.306 e. The van der Waals surface area contributed by atoms with Gasteiger partial charge in [-0.25, -0.2) is 4.39 Å². The van der Waals surface area contributed by atoms with Crippen LogP contribution in [0, 0.1) is 5.82 Å². The number of nitrogens with zero attached hydrogens (tertiary/aromatic N) is 1. The normalized spacial score (nSPS) is 10.6. The van der Waals surface area contributed by atoms with Crippen LogP contribution in [0.25, 0.3) is 0 Å². The zero-order valence-corrected chi connectivity index (χ0v) is 10.6. The molecule has 0 heterocycles. The summed E-state index contributed by atoms with van der Waals surface area (Å²) in [5.74, 6) is -0.599. The number of carbonyl (C=O) groups is 1. The minimum atomic E-state index is -0.351. The lowest BCUT2D eigenvalue weighted by Crippen LogP contribution is -2.22. The lowest BCUT2D eigenvalue weighted by atomic mass is 10.2. The standard InChI is InChI=1S/C12H15ClFNO2/c1-15(6-5-12(16)17-2)8-9-3-4-10(14)7-11(9)13/h3-4,7H,5-6,8H2,1-2H3. The highest BCUT2D eigenvalue weighted by Crippen LogP contribution is 2.18. The molecule has 0 amide bonds. The lowest BCUT2D eigenvalue weighted by molar-refractivity contribution is -0.140. The molecule has 0 saturated heterocycles. The van der Waals surface area contributed by atoms with Crippen LogP contribution in [0.3, 0.4) is 0 Å². The number of esters is 1. The van der Waals surface area contributed by atoms with Crippen molar-refractivity contribution in [3.8, 4) is 0 Å². The molecule has 0 aromatic heterocycles. The molecule has 1 aromatic carbocycles. The summed E-state index contributed by atoms with van der Waals surface area (Å²) in [5, 5.41) is 0.398. The van der Waals surface area contributed by atoms with Crippen LogP contribution in [0.4, 0.5) is 4.39 Å². The predicted molar refractivity (Wildman–Crippen MR) is 64.4 cm³/mol. The molecule has 1 rings (SSSR count). The predicted octanol–water partition coefficient (Wildman–Crippen LogP) is 2.47. The number of halogens is 2. The summed E-state index contributed by atoms with van der Waals surface area (Å²) in [5.41, 5.74) is 0.834. The molecule has 0 saturated carbocycles. The van der Waals surface area contributed by atoms with E-state index in [0.29, 0.717) is 24.5 Å². The molecule has 0 aliphatic carbocycles. The summed E-state index contributed by atoms with van der Waals surface area (Å²) < 4.78 is 17.4. The van der Waals surface area contributed by atoms with Crippen molar-refractivity contribution in [2.24, 2.45) is 0 Å². The van der Waals surface area contributed by atoms with Crippen LogP contribution in [0.2, 0.25) is 5.02 Å². The topological polar surface area (TPSA) is 29.5 Å². The second kappa shape index (κ2) is 6.57. The summed E-state index contributed by atoms with van der Waals surface area (Å²) in [6.07, 6.45) is 0.325. The molecule has 0 aliphatic heterocycles. The number of carbonyl (C=O) groups excluding carboxylic acids is 1. The first-order valence-corrected chi connectivity index (χ1v) is 5.60. The molecule has 0 radical (unpaired) electrons. The van der Waals surface area contributed by atoms with E-state index in [1.165, 1.54) is 19.2 Å². The summed E-state index contributed by atoms with van der Waals surface area (Å²) in [6.45, 7) is 1.14. The first kappa shape index (κ1) is 13.9. The van der Waals surface area contributed by atoms with E-state index in [2.05, 4.69) is 4.74 Å². The van der Waals surface area contributed by atoms with Gasteiger partial charge in [-0.05, 0) is 24.7 Å². The molecule has 94 valence electrons. The zero-order valence-electron chi connectivity index (χ0n) is 9.87. The maximum Gasteiger partial charge on any atom is 0.306 e. The Labute approximate surface area is 105 Å². The van der Waals surface area contributed by atoms with E-state index in [0.717, 1.165) is 5.56 Å². The Bertz CT molecular complexity index is 398. The third kappa shape index (κ3) is 4.71. The first-order chi connectivity index (χ1) is 8.02. The summed E-state index contributed by atoms with van der Waals surface area (Å²) >= 11 is 5.91. The van der Waals surface area contributed by atoms with Crippen molar-refractivity contribution in [2.75, 3.05) is 20.7 Å². The summed E-state index contributed by atoms with van der Waals surface area (Å²) in [6, 6.07) is 4.30. The number of rotatable bonds is 5. The largest absolute Gasteiger partial charge is 0.469 e. The number of hydrogen-bond acceptors (Lipinski definition) is 3. The zero-order chi connectivity index (χ0) is 12.8. The fourth-order valence-electron chi connectivity index (χ4n) is 1.40. The highest BCUT2D eigenvalue weighted by Gasteiger charge is 2.07. The van der Waals surface area contributed by atoms with Crippen LogP contribution in [0.1, 0.15) is 12.0 Å².